The third-order valence-electron chi connectivity index (χ3n) is 6.98. The van der Waals surface area contributed by atoms with Gasteiger partial charge in [-0.2, -0.15) is 0 Å². The number of likely N-dealkylation sites (tertiary alicyclic amines) is 1. The molecule has 0 radical (unpaired) electrons. The largest absolute Gasteiger partial charge is 0.373 e. The highest BCUT2D eigenvalue weighted by atomic mass is 15.2. The van der Waals surface area contributed by atoms with Crippen LogP contribution in [0, 0.1) is 5.41 Å². The highest BCUT2D eigenvalue weighted by molar-refractivity contribution is 5.81. The molecule has 1 unspecified atom stereocenters. The third-order valence-corrected chi connectivity index (χ3v) is 6.98. The fourth-order valence-electron chi connectivity index (χ4n) is 4.77. The maximum Gasteiger partial charge on any atom is 0.0918 e. The second kappa shape index (κ2) is 8.17. The van der Waals surface area contributed by atoms with E-state index in [4.69, 9.17) is 0 Å². The quantitative estimate of drug-likeness (QED) is 0.589. The number of rotatable bonds is 8. The molecule has 1 atom stereocenters. The summed E-state index contributed by atoms with van der Waals surface area (Å²) in [6, 6.07) is 9.31. The van der Waals surface area contributed by atoms with Gasteiger partial charge in [0.15, 0.2) is 0 Å². The van der Waals surface area contributed by atoms with Crippen molar-refractivity contribution in [3.8, 4) is 0 Å². The Morgan fingerprint density at radius 2 is 2.07 bits per heavy atom. The lowest BCUT2D eigenvalue weighted by Gasteiger charge is -2.47. The molecule has 1 saturated carbocycles. The SMILES string of the molecule is C=C(NCc1cc2cc(CC)ccc2[nH]1)NC1CCCN(C(=C)C2(C)CCC2)C1. The molecule has 0 spiro atoms. The smallest absolute Gasteiger partial charge is 0.0918 e. The Labute approximate surface area is 175 Å². The van der Waals surface area contributed by atoms with Crippen LogP contribution in [0.25, 0.3) is 10.9 Å². The first-order valence-electron chi connectivity index (χ1n) is 11.2. The van der Waals surface area contributed by atoms with Crippen molar-refractivity contribution < 1.29 is 0 Å². The second-order valence-electron chi connectivity index (χ2n) is 9.19. The molecule has 2 heterocycles. The predicted molar refractivity (Wildman–Crippen MR) is 122 cm³/mol. The van der Waals surface area contributed by atoms with Gasteiger partial charge in [-0.1, -0.05) is 39.5 Å². The molecule has 29 heavy (non-hydrogen) atoms. The van der Waals surface area contributed by atoms with Crippen LogP contribution in [0.4, 0.5) is 0 Å². The number of aryl methyl sites for hydroxylation is 1. The molecule has 1 aliphatic heterocycles. The molecule has 2 aromatic rings. The van der Waals surface area contributed by atoms with E-state index in [1.807, 2.05) is 0 Å². The summed E-state index contributed by atoms with van der Waals surface area (Å²) in [7, 11) is 0. The summed E-state index contributed by atoms with van der Waals surface area (Å²) in [6.07, 6.45) is 7.39. The van der Waals surface area contributed by atoms with E-state index >= 15 is 0 Å². The zero-order chi connectivity index (χ0) is 20.4. The van der Waals surface area contributed by atoms with Crippen LogP contribution >= 0.6 is 0 Å². The Balaban J connectivity index is 1.28. The Morgan fingerprint density at radius 1 is 1.24 bits per heavy atom. The number of piperidine rings is 1. The van der Waals surface area contributed by atoms with Gasteiger partial charge in [0.05, 0.1) is 12.4 Å². The van der Waals surface area contributed by atoms with E-state index < -0.39 is 0 Å². The van der Waals surface area contributed by atoms with Crippen LogP contribution < -0.4 is 10.6 Å². The van der Waals surface area contributed by atoms with E-state index in [2.05, 4.69) is 71.8 Å². The third kappa shape index (κ3) is 4.31. The van der Waals surface area contributed by atoms with Gasteiger partial charge in [-0.25, -0.2) is 0 Å². The number of aromatic nitrogens is 1. The van der Waals surface area contributed by atoms with Crippen molar-refractivity contribution in [1.29, 1.82) is 0 Å². The molecule has 0 bridgehead atoms. The lowest BCUT2D eigenvalue weighted by molar-refractivity contribution is 0.126. The molecule has 156 valence electrons. The van der Waals surface area contributed by atoms with E-state index in [9.17, 15) is 0 Å². The fourth-order valence-corrected chi connectivity index (χ4v) is 4.77. The summed E-state index contributed by atoms with van der Waals surface area (Å²) in [6.45, 7) is 16.2. The van der Waals surface area contributed by atoms with Crippen molar-refractivity contribution in [2.24, 2.45) is 5.41 Å². The Hall–Kier alpha value is -2.36. The average molecular weight is 393 g/mol. The number of hydrogen-bond acceptors (Lipinski definition) is 3. The number of hydrogen-bond donors (Lipinski definition) is 3. The normalized spacial score (nSPS) is 20.9. The number of fused-ring (bicyclic) bond motifs is 1. The monoisotopic (exact) mass is 392 g/mol. The lowest BCUT2D eigenvalue weighted by Crippen LogP contribution is -2.49. The van der Waals surface area contributed by atoms with E-state index in [1.54, 1.807) is 0 Å². The summed E-state index contributed by atoms with van der Waals surface area (Å²) in [5.41, 5.74) is 5.45. The molecule has 4 nitrogen and oxygen atoms in total. The molecule has 2 aliphatic rings. The molecule has 2 fully saturated rings. The van der Waals surface area contributed by atoms with E-state index in [1.165, 1.54) is 60.0 Å². The summed E-state index contributed by atoms with van der Waals surface area (Å²) < 4.78 is 0. The zero-order valence-corrected chi connectivity index (χ0v) is 18.1. The van der Waals surface area contributed by atoms with Crippen LogP contribution in [-0.2, 0) is 13.0 Å². The van der Waals surface area contributed by atoms with Crippen LogP contribution in [0.3, 0.4) is 0 Å². The number of benzene rings is 1. The molecule has 0 amide bonds. The minimum atomic E-state index is 0.338. The maximum absolute atomic E-state index is 4.45. The molecule has 1 aliphatic carbocycles. The van der Waals surface area contributed by atoms with Gasteiger partial charge in [0.1, 0.15) is 0 Å². The van der Waals surface area contributed by atoms with Crippen LogP contribution in [0.5, 0.6) is 0 Å². The second-order valence-corrected chi connectivity index (χ2v) is 9.19. The van der Waals surface area contributed by atoms with E-state index in [-0.39, 0.29) is 0 Å². The lowest BCUT2D eigenvalue weighted by atomic mass is 9.68. The molecule has 4 rings (SSSR count). The summed E-state index contributed by atoms with van der Waals surface area (Å²) in [5, 5.41) is 8.35. The van der Waals surface area contributed by atoms with Gasteiger partial charge >= 0.3 is 0 Å². The van der Waals surface area contributed by atoms with Gasteiger partial charge in [0, 0.05) is 41.5 Å². The number of allylic oxidation sites excluding steroid dienone is 1. The summed E-state index contributed by atoms with van der Waals surface area (Å²) in [5.74, 6) is 0.908. The first-order chi connectivity index (χ1) is 14.0. The highest BCUT2D eigenvalue weighted by Gasteiger charge is 2.38. The predicted octanol–water partition coefficient (Wildman–Crippen LogP) is 5.05. The standard InChI is InChI=1S/C25H36N4/c1-5-20-9-10-24-21(14-20)15-23(28-24)16-26-19(3)27-22-8-6-13-29(17-22)18(2)25(4)11-7-12-25/h9-10,14-15,22,26-28H,2-3,5-8,11-13,16-17H2,1,4H3. The van der Waals surface area contributed by atoms with E-state index in [0.717, 1.165) is 31.9 Å². The number of aromatic amines is 1. The van der Waals surface area contributed by atoms with Gasteiger partial charge in [0.25, 0.3) is 0 Å². The van der Waals surface area contributed by atoms with Crippen LogP contribution in [0.1, 0.15) is 57.2 Å². The Kier molecular flexibility index (Phi) is 5.62. The van der Waals surface area contributed by atoms with Crippen molar-refractivity contribution >= 4 is 10.9 Å². The number of nitrogens with zero attached hydrogens (tertiary/aromatic N) is 1. The molecule has 4 heteroatoms. The Bertz CT molecular complexity index is 889. The molecule has 3 N–H and O–H groups in total. The zero-order valence-electron chi connectivity index (χ0n) is 18.1. The minimum absolute atomic E-state index is 0.338. The van der Waals surface area contributed by atoms with Gasteiger partial charge in [0.2, 0.25) is 0 Å². The van der Waals surface area contributed by atoms with Gasteiger partial charge in [-0.15, -0.1) is 0 Å². The molecule has 1 aromatic heterocycles. The van der Waals surface area contributed by atoms with Crippen molar-refractivity contribution in [1.82, 2.24) is 20.5 Å². The topological polar surface area (TPSA) is 43.1 Å². The molecule has 1 aromatic carbocycles. The molecular formula is C25H36N4. The Morgan fingerprint density at radius 3 is 2.79 bits per heavy atom. The van der Waals surface area contributed by atoms with Gasteiger partial charge in [-0.05, 0) is 61.3 Å². The van der Waals surface area contributed by atoms with Crippen molar-refractivity contribution in [3.05, 3.63) is 60.2 Å². The molecular weight excluding hydrogens is 356 g/mol. The van der Waals surface area contributed by atoms with Crippen molar-refractivity contribution in [2.75, 3.05) is 13.1 Å². The number of H-pyrrole nitrogens is 1. The first-order valence-corrected chi connectivity index (χ1v) is 11.2. The van der Waals surface area contributed by atoms with Gasteiger partial charge < -0.3 is 20.5 Å². The van der Waals surface area contributed by atoms with Crippen molar-refractivity contribution in [2.45, 2.75) is 65.0 Å². The number of nitrogens with one attached hydrogen (secondary N) is 3. The van der Waals surface area contributed by atoms with Crippen LogP contribution in [0.15, 0.2) is 48.9 Å². The van der Waals surface area contributed by atoms with E-state index in [0.29, 0.717) is 11.5 Å². The van der Waals surface area contributed by atoms with Crippen molar-refractivity contribution in [3.63, 3.8) is 0 Å². The summed E-state index contributed by atoms with van der Waals surface area (Å²) in [4.78, 5) is 6.02. The van der Waals surface area contributed by atoms with Crippen LogP contribution in [-0.4, -0.2) is 29.0 Å². The first kappa shape index (κ1) is 19.9. The minimum Gasteiger partial charge on any atom is -0.373 e. The fraction of sp³-hybridized carbons (Fsp3) is 0.520. The van der Waals surface area contributed by atoms with Crippen LogP contribution in [0.2, 0.25) is 0 Å². The summed E-state index contributed by atoms with van der Waals surface area (Å²) >= 11 is 0. The maximum atomic E-state index is 4.45. The average Bonchev–Trinajstić information content (AvgIpc) is 3.12. The molecule has 1 saturated heterocycles. The highest BCUT2D eigenvalue weighted by Crippen LogP contribution is 2.47. The van der Waals surface area contributed by atoms with Gasteiger partial charge in [-0.3, -0.25) is 0 Å².